The molecule has 7 rings (SSSR count). The second-order valence-electron chi connectivity index (χ2n) is 10.0. The molecule has 0 saturated carbocycles. The van der Waals surface area contributed by atoms with Gasteiger partial charge in [-0.15, -0.1) is 0 Å². The molecule has 226 valence electrons. The molecule has 2 aromatic carbocycles. The van der Waals surface area contributed by atoms with Crippen LogP contribution in [0.3, 0.4) is 0 Å². The van der Waals surface area contributed by atoms with Crippen molar-refractivity contribution in [3.63, 3.8) is 0 Å². The summed E-state index contributed by atoms with van der Waals surface area (Å²) in [6.45, 7) is 3.57. The molecule has 5 heterocycles. The van der Waals surface area contributed by atoms with E-state index in [1.165, 1.54) is 7.11 Å². The summed E-state index contributed by atoms with van der Waals surface area (Å²) in [7, 11) is -5.32. The quantitative estimate of drug-likeness (QED) is 0.160. The Morgan fingerprint density at radius 3 is 1.46 bits per heavy atom. The van der Waals surface area contributed by atoms with E-state index in [2.05, 4.69) is 0 Å². The van der Waals surface area contributed by atoms with Crippen LogP contribution in [0.15, 0.2) is 0 Å². The average Bonchev–Trinajstić information content (AvgIpc) is 3.54. The van der Waals surface area contributed by atoms with Gasteiger partial charge in [-0.05, 0) is 0 Å². The van der Waals surface area contributed by atoms with E-state index < -0.39 is 43.8 Å². The molecule has 0 aliphatic carbocycles. The first-order valence-corrected chi connectivity index (χ1v) is 16.9. The maximum absolute atomic E-state index is 6.71. The van der Waals surface area contributed by atoms with Crippen LogP contribution in [0.1, 0.15) is 13.8 Å². The third-order valence-corrected chi connectivity index (χ3v) is 14.1. The molecule has 0 N–H and O–H groups in total. The fraction of sp³-hybridized carbons (Fsp3) is 0.455. The van der Waals surface area contributed by atoms with Gasteiger partial charge in [0.15, 0.2) is 0 Å². The Bertz CT molecular complexity index is 1410. The van der Waals surface area contributed by atoms with Gasteiger partial charge < -0.3 is 0 Å². The molecule has 41 heavy (non-hydrogen) atoms. The normalized spacial score (nSPS) is 34.0. The zero-order chi connectivity index (χ0) is 29.5. The van der Waals surface area contributed by atoms with Crippen molar-refractivity contribution < 1.29 is 46.1 Å². The van der Waals surface area contributed by atoms with Gasteiger partial charge in [0.1, 0.15) is 0 Å². The molecule has 0 amide bonds. The summed E-state index contributed by atoms with van der Waals surface area (Å²) in [5.74, 6) is -2.11. The van der Waals surface area contributed by atoms with Gasteiger partial charge in [0.05, 0.1) is 0 Å². The van der Waals surface area contributed by atoms with Gasteiger partial charge in [0, 0.05) is 0 Å². The molecule has 5 aliphatic rings. The van der Waals surface area contributed by atoms with E-state index in [4.69, 9.17) is 139 Å². The summed E-state index contributed by atoms with van der Waals surface area (Å²) < 4.78 is 62.5. The number of hydrogen-bond acceptors (Lipinski definition) is 10. The first-order chi connectivity index (χ1) is 19.1. The van der Waals surface area contributed by atoms with Crippen molar-refractivity contribution >= 4 is 100 Å². The summed E-state index contributed by atoms with van der Waals surface area (Å²) in [4.78, 5) is 0. The van der Waals surface area contributed by atoms with Crippen LogP contribution < -0.4 is 18.1 Å². The van der Waals surface area contributed by atoms with Crippen molar-refractivity contribution in [3.05, 3.63) is 40.2 Å². The number of hydrogen-bond donors (Lipinski definition) is 0. The number of methoxy groups -OCH3 is 1. The van der Waals surface area contributed by atoms with Crippen LogP contribution in [0.25, 0.3) is 0 Å². The van der Waals surface area contributed by atoms with Crippen molar-refractivity contribution in [3.8, 4) is 23.0 Å². The van der Waals surface area contributed by atoms with Gasteiger partial charge in [-0.3, -0.25) is 0 Å². The summed E-state index contributed by atoms with van der Waals surface area (Å²) >= 11 is 51.6. The average molecular weight is 755 g/mol. The Morgan fingerprint density at radius 2 is 1.05 bits per heavy atom. The van der Waals surface area contributed by atoms with Gasteiger partial charge in [-0.1, -0.05) is 0 Å². The molecule has 19 heteroatoms. The van der Waals surface area contributed by atoms with E-state index in [0.29, 0.717) is 0 Å². The molecule has 2 aromatic rings. The molecule has 1 spiro atoms. The van der Waals surface area contributed by atoms with Crippen LogP contribution in [-0.4, -0.2) is 50.2 Å². The van der Waals surface area contributed by atoms with E-state index in [0.717, 1.165) is 0 Å². The molecular weight excluding hydrogens is 739 g/mol. The van der Waals surface area contributed by atoms with Gasteiger partial charge in [-0.25, -0.2) is 0 Å². The van der Waals surface area contributed by atoms with Crippen LogP contribution in [-0.2, 0) is 28.0 Å². The van der Waals surface area contributed by atoms with Crippen LogP contribution in [0.5, 0.6) is 23.0 Å². The number of ether oxygens (including phenoxy) is 4. The van der Waals surface area contributed by atoms with E-state index in [9.17, 15) is 0 Å². The van der Waals surface area contributed by atoms with Crippen molar-refractivity contribution in [2.45, 2.75) is 50.3 Å². The van der Waals surface area contributed by atoms with Crippen molar-refractivity contribution in [2.24, 2.45) is 0 Å². The van der Waals surface area contributed by atoms with Gasteiger partial charge >= 0.3 is 273 Å². The molecule has 0 bridgehead atoms. The van der Waals surface area contributed by atoms with Crippen LogP contribution in [0.4, 0.5) is 0 Å². The SMILES string of the molecule is CO[C@H]1O[C@@H]2COC(C)(C)O[C@H]2[C@@H]2O[P-]34(Oc5c(Cl)c(Cl)c(Cl)c(Cl)c5O3)(Oc3c(Cl)c(Cl)c(Cl)c(Cl)c3O4)O[C@H]12. The Hall–Kier alpha value is 0.150. The Morgan fingerprint density at radius 1 is 0.634 bits per heavy atom. The van der Waals surface area contributed by atoms with Crippen LogP contribution >= 0.6 is 100 Å². The Labute approximate surface area is 271 Å². The molecule has 10 nitrogen and oxygen atoms in total. The number of rotatable bonds is 1. The molecule has 0 aromatic heterocycles. The zero-order valence-electron chi connectivity index (χ0n) is 20.6. The monoisotopic (exact) mass is 751 g/mol. The molecule has 0 unspecified atom stereocenters. The van der Waals surface area contributed by atoms with Gasteiger partial charge in [-0.2, -0.15) is 0 Å². The van der Waals surface area contributed by atoms with E-state index in [-0.39, 0.29) is 69.8 Å². The molecule has 5 atom stereocenters. The maximum atomic E-state index is 6.67. The first kappa shape index (κ1) is 29.8. The minimum absolute atomic E-state index is 0.124. The summed E-state index contributed by atoms with van der Waals surface area (Å²) in [5.41, 5.74) is 0. The number of fused-ring (bicyclic) bond motifs is 5. The van der Waals surface area contributed by atoms with Gasteiger partial charge in [0.2, 0.25) is 0 Å². The summed E-state index contributed by atoms with van der Waals surface area (Å²) in [6.07, 6.45) is -4.92. The third-order valence-electron chi connectivity index (χ3n) is 6.99. The Kier molecular flexibility index (Phi) is 6.48. The van der Waals surface area contributed by atoms with Crippen molar-refractivity contribution in [1.29, 1.82) is 0 Å². The first-order valence-electron chi connectivity index (χ1n) is 11.7. The zero-order valence-corrected chi connectivity index (χ0v) is 27.6. The minimum atomic E-state index is -6.71. The predicted molar refractivity (Wildman–Crippen MR) is 153 cm³/mol. The molecular formula is C22H16Cl8O10P-. The predicted octanol–water partition coefficient (Wildman–Crippen LogP) is 9.04. The molecule has 0 radical (unpaired) electrons. The fourth-order valence-electron chi connectivity index (χ4n) is 5.28. The van der Waals surface area contributed by atoms with Gasteiger partial charge in [0.25, 0.3) is 0 Å². The van der Waals surface area contributed by atoms with E-state index in [1.54, 1.807) is 13.8 Å². The third kappa shape index (κ3) is 3.85. The second kappa shape index (κ2) is 8.90. The molecule has 3 saturated heterocycles. The Balaban J connectivity index is 1.48. The van der Waals surface area contributed by atoms with Crippen LogP contribution in [0, 0.1) is 0 Å². The fourth-order valence-corrected chi connectivity index (χ4v) is 11.5. The second-order valence-corrected chi connectivity index (χ2v) is 16.4. The topological polar surface area (TPSA) is 92.3 Å². The number of benzene rings is 2. The molecule has 3 fully saturated rings. The van der Waals surface area contributed by atoms with E-state index >= 15 is 0 Å². The summed E-state index contributed by atoms with van der Waals surface area (Å²) in [6, 6.07) is 0. The number of halogens is 8. The van der Waals surface area contributed by atoms with Crippen LogP contribution in [0.2, 0.25) is 40.2 Å². The van der Waals surface area contributed by atoms with Crippen molar-refractivity contribution in [2.75, 3.05) is 13.7 Å². The standard InChI is InChI=1S/C22H16Cl8O10P/c1-22(2)32-4-5-14(34-22)19-20(21(31-3)33-5)40-41(39-19,35-15-10(27)6(23)7(24)11(28)16(15)36-41)37-17-12(29)8(25)9(26)13(30)18(17)38-41/h5,14,19-21H,4H2,1-3H3/q-1/t5-,14-,19+,20+,21+/m1/s1. The van der Waals surface area contributed by atoms with E-state index in [1.807, 2.05) is 0 Å². The van der Waals surface area contributed by atoms with Crippen molar-refractivity contribution in [1.82, 2.24) is 0 Å². The molecule has 5 aliphatic heterocycles. The summed E-state index contributed by atoms with van der Waals surface area (Å²) in [5, 5.41) is -1.48.